The second kappa shape index (κ2) is 9.27. The Kier molecular flexibility index (Phi) is 7.06. The number of amides is 1. The van der Waals surface area contributed by atoms with Crippen LogP contribution in [0.5, 0.6) is 5.75 Å². The van der Waals surface area contributed by atoms with Gasteiger partial charge in [-0.3, -0.25) is 4.79 Å². The highest BCUT2D eigenvalue weighted by Crippen LogP contribution is 2.19. The third-order valence-electron chi connectivity index (χ3n) is 3.34. The zero-order chi connectivity index (χ0) is 17.4. The van der Waals surface area contributed by atoms with Crippen LogP contribution in [-0.2, 0) is 4.79 Å². The van der Waals surface area contributed by atoms with E-state index in [0.29, 0.717) is 18.7 Å². The predicted octanol–water partition coefficient (Wildman–Crippen LogP) is 3.98. The van der Waals surface area contributed by atoms with E-state index in [1.54, 1.807) is 42.3 Å². The van der Waals surface area contributed by atoms with E-state index in [2.05, 4.69) is 0 Å². The Hall–Kier alpha value is -2.08. The number of halogens is 2. The summed E-state index contributed by atoms with van der Waals surface area (Å²) in [6, 6.07) is 12.4. The lowest BCUT2D eigenvalue weighted by atomic mass is 10.3. The van der Waals surface area contributed by atoms with Gasteiger partial charge in [0.05, 0.1) is 6.54 Å². The van der Waals surface area contributed by atoms with Gasteiger partial charge in [0.2, 0.25) is 5.91 Å². The monoisotopic (exact) mass is 351 g/mol. The molecule has 2 aromatic rings. The molecule has 128 valence electrons. The summed E-state index contributed by atoms with van der Waals surface area (Å²) < 4.78 is 31.5. The van der Waals surface area contributed by atoms with E-state index >= 15 is 0 Å². The fourth-order valence-corrected chi connectivity index (χ4v) is 2.80. The number of para-hydroxylation sites is 1. The molecule has 0 N–H and O–H groups in total. The van der Waals surface area contributed by atoms with E-state index in [1.807, 2.05) is 0 Å². The van der Waals surface area contributed by atoms with Crippen molar-refractivity contribution in [1.29, 1.82) is 0 Å². The second-order valence-corrected chi connectivity index (χ2v) is 6.31. The van der Waals surface area contributed by atoms with Crippen LogP contribution in [0.4, 0.5) is 8.78 Å². The quantitative estimate of drug-likeness (QED) is 0.674. The lowest BCUT2D eigenvalue weighted by Gasteiger charge is -2.17. The van der Waals surface area contributed by atoms with Crippen molar-refractivity contribution in [3.05, 3.63) is 60.2 Å². The fourth-order valence-electron chi connectivity index (χ4n) is 1.96. The van der Waals surface area contributed by atoms with Crippen LogP contribution in [0.1, 0.15) is 6.42 Å². The molecular weight excluding hydrogens is 332 g/mol. The molecule has 6 heteroatoms. The van der Waals surface area contributed by atoms with Gasteiger partial charge in [0.1, 0.15) is 12.4 Å². The summed E-state index contributed by atoms with van der Waals surface area (Å²) in [5.41, 5.74) is 0. The molecule has 2 aromatic carbocycles. The Balaban J connectivity index is 1.66. The van der Waals surface area contributed by atoms with E-state index in [4.69, 9.17) is 4.74 Å². The van der Waals surface area contributed by atoms with E-state index in [9.17, 15) is 13.6 Å². The van der Waals surface area contributed by atoms with Crippen LogP contribution >= 0.6 is 11.8 Å². The van der Waals surface area contributed by atoms with Crippen molar-refractivity contribution < 1.29 is 18.3 Å². The van der Waals surface area contributed by atoms with Crippen molar-refractivity contribution in [2.45, 2.75) is 11.3 Å². The highest BCUT2D eigenvalue weighted by molar-refractivity contribution is 7.99. The van der Waals surface area contributed by atoms with Crippen LogP contribution in [0.15, 0.2) is 53.4 Å². The minimum atomic E-state index is -0.415. The van der Waals surface area contributed by atoms with Gasteiger partial charge < -0.3 is 9.64 Å². The molecule has 0 spiro atoms. The van der Waals surface area contributed by atoms with E-state index in [-0.39, 0.29) is 24.1 Å². The second-order valence-electron chi connectivity index (χ2n) is 5.15. The van der Waals surface area contributed by atoms with Crippen LogP contribution in [0.3, 0.4) is 0 Å². The standard InChI is InChI=1S/C18H19F2NO2S/c1-21(11-12-23-17-5-3-2-4-16(17)20)18(22)10-13-24-15-8-6-14(19)7-9-15/h2-9H,10-13H2,1H3. The van der Waals surface area contributed by atoms with Crippen molar-refractivity contribution >= 4 is 17.7 Å². The average molecular weight is 351 g/mol. The van der Waals surface area contributed by atoms with Crippen molar-refractivity contribution in [1.82, 2.24) is 4.90 Å². The fraction of sp³-hybridized carbons (Fsp3) is 0.278. The van der Waals surface area contributed by atoms with Gasteiger partial charge in [-0.25, -0.2) is 8.78 Å². The normalized spacial score (nSPS) is 10.5. The van der Waals surface area contributed by atoms with Crippen molar-refractivity contribution in [3.8, 4) is 5.75 Å². The number of likely N-dealkylation sites (N-methyl/N-ethyl adjacent to an activating group) is 1. The number of benzene rings is 2. The molecule has 0 atom stereocenters. The maximum atomic E-state index is 13.4. The first-order valence-corrected chi connectivity index (χ1v) is 8.54. The van der Waals surface area contributed by atoms with Crippen molar-refractivity contribution in [2.24, 2.45) is 0 Å². The number of ether oxygens (including phenoxy) is 1. The maximum Gasteiger partial charge on any atom is 0.223 e. The summed E-state index contributed by atoms with van der Waals surface area (Å²) in [6.45, 7) is 0.614. The van der Waals surface area contributed by atoms with Crippen molar-refractivity contribution in [3.63, 3.8) is 0 Å². The van der Waals surface area contributed by atoms with Crippen LogP contribution in [-0.4, -0.2) is 36.8 Å². The molecule has 0 unspecified atom stereocenters. The number of thioether (sulfide) groups is 1. The molecular formula is C18H19F2NO2S. The smallest absolute Gasteiger partial charge is 0.223 e. The molecule has 0 fully saturated rings. The third-order valence-corrected chi connectivity index (χ3v) is 4.36. The number of hydrogen-bond donors (Lipinski definition) is 0. The van der Waals surface area contributed by atoms with Crippen molar-refractivity contribution in [2.75, 3.05) is 26.0 Å². The predicted molar refractivity (Wildman–Crippen MR) is 91.3 cm³/mol. The van der Waals surface area contributed by atoms with Gasteiger partial charge in [-0.05, 0) is 36.4 Å². The highest BCUT2D eigenvalue weighted by atomic mass is 32.2. The lowest BCUT2D eigenvalue weighted by Crippen LogP contribution is -2.31. The molecule has 0 radical (unpaired) electrons. The summed E-state index contributed by atoms with van der Waals surface area (Å²) >= 11 is 1.50. The summed E-state index contributed by atoms with van der Waals surface area (Å²) in [6.07, 6.45) is 0.373. The SMILES string of the molecule is CN(CCOc1ccccc1F)C(=O)CCSc1ccc(F)cc1. The lowest BCUT2D eigenvalue weighted by molar-refractivity contribution is -0.129. The van der Waals surface area contributed by atoms with Gasteiger partial charge in [0.25, 0.3) is 0 Å². The zero-order valence-electron chi connectivity index (χ0n) is 13.4. The van der Waals surface area contributed by atoms with E-state index in [0.717, 1.165) is 4.90 Å². The van der Waals surface area contributed by atoms with E-state index in [1.165, 1.54) is 30.0 Å². The number of carbonyl (C=O) groups is 1. The number of rotatable bonds is 8. The van der Waals surface area contributed by atoms with Gasteiger partial charge >= 0.3 is 0 Å². The number of nitrogens with zero attached hydrogens (tertiary/aromatic N) is 1. The largest absolute Gasteiger partial charge is 0.489 e. The number of hydrogen-bond acceptors (Lipinski definition) is 3. The molecule has 0 aliphatic carbocycles. The molecule has 0 aromatic heterocycles. The third kappa shape index (κ3) is 5.85. The molecule has 0 bridgehead atoms. The highest BCUT2D eigenvalue weighted by Gasteiger charge is 2.09. The van der Waals surface area contributed by atoms with Gasteiger partial charge in [0.15, 0.2) is 11.6 Å². The average Bonchev–Trinajstić information content (AvgIpc) is 2.58. The Bertz CT molecular complexity index is 664. The molecule has 0 saturated heterocycles. The molecule has 0 aliphatic heterocycles. The summed E-state index contributed by atoms with van der Waals surface area (Å²) in [4.78, 5) is 14.5. The minimum absolute atomic E-state index is 0.0123. The van der Waals surface area contributed by atoms with Gasteiger partial charge in [-0.1, -0.05) is 12.1 Å². The molecule has 24 heavy (non-hydrogen) atoms. The maximum absolute atomic E-state index is 13.4. The molecule has 0 saturated carbocycles. The van der Waals surface area contributed by atoms with Crippen LogP contribution in [0.25, 0.3) is 0 Å². The Morgan fingerprint density at radius 1 is 1.12 bits per heavy atom. The molecule has 3 nitrogen and oxygen atoms in total. The van der Waals surface area contributed by atoms with Crippen LogP contribution in [0.2, 0.25) is 0 Å². The minimum Gasteiger partial charge on any atom is -0.489 e. The molecule has 1 amide bonds. The molecule has 0 heterocycles. The molecule has 0 aliphatic rings. The van der Waals surface area contributed by atoms with Crippen LogP contribution in [0, 0.1) is 11.6 Å². The first kappa shape index (κ1) is 18.3. The first-order chi connectivity index (χ1) is 11.6. The summed E-state index contributed by atoms with van der Waals surface area (Å²) in [7, 11) is 1.69. The topological polar surface area (TPSA) is 29.5 Å². The zero-order valence-corrected chi connectivity index (χ0v) is 14.2. The molecule has 2 rings (SSSR count). The van der Waals surface area contributed by atoms with E-state index < -0.39 is 5.82 Å². The van der Waals surface area contributed by atoms with Gasteiger partial charge in [0, 0.05) is 24.1 Å². The first-order valence-electron chi connectivity index (χ1n) is 7.56. The van der Waals surface area contributed by atoms with Gasteiger partial charge in [-0.15, -0.1) is 11.8 Å². The van der Waals surface area contributed by atoms with Gasteiger partial charge in [-0.2, -0.15) is 0 Å². The Morgan fingerprint density at radius 3 is 2.54 bits per heavy atom. The Morgan fingerprint density at radius 2 is 1.83 bits per heavy atom. The Labute approximate surface area is 144 Å². The summed E-state index contributed by atoms with van der Waals surface area (Å²) in [5, 5.41) is 0. The summed E-state index contributed by atoms with van der Waals surface area (Å²) in [5.74, 6) is 0.0994. The number of carbonyl (C=O) groups excluding carboxylic acids is 1. The van der Waals surface area contributed by atoms with Crippen LogP contribution < -0.4 is 4.74 Å².